The van der Waals surface area contributed by atoms with Crippen LogP contribution in [-0.4, -0.2) is 23.0 Å². The first-order valence-corrected chi connectivity index (χ1v) is 6.08. The van der Waals surface area contributed by atoms with Crippen LogP contribution in [0.5, 0.6) is 17.2 Å². The van der Waals surface area contributed by atoms with Crippen molar-refractivity contribution in [2.45, 2.75) is 13.1 Å². The molecule has 0 fully saturated rings. The number of imidazole rings is 1. The summed E-state index contributed by atoms with van der Waals surface area (Å²) < 4.78 is 18.4. The van der Waals surface area contributed by atoms with E-state index in [1.165, 1.54) is 0 Å². The normalized spacial score (nSPS) is 12.7. The second-order valence-corrected chi connectivity index (χ2v) is 4.17. The third-order valence-electron chi connectivity index (χ3n) is 2.94. The van der Waals surface area contributed by atoms with E-state index >= 15 is 0 Å². The van der Waals surface area contributed by atoms with Crippen LogP contribution >= 0.6 is 0 Å². The molecule has 0 saturated carbocycles. The highest BCUT2D eigenvalue weighted by atomic mass is 16.7. The molecule has 1 aliphatic rings. The molecule has 1 aromatic carbocycles. The maximum absolute atomic E-state index is 5.76. The summed E-state index contributed by atoms with van der Waals surface area (Å²) in [5.41, 5.74) is 6.63. The Bertz CT molecular complexity index is 555. The molecule has 2 aromatic rings. The van der Waals surface area contributed by atoms with Gasteiger partial charge >= 0.3 is 0 Å². The number of nitrogens with zero attached hydrogens (tertiary/aromatic N) is 2. The molecular formula is C13H15N3O3. The van der Waals surface area contributed by atoms with Crippen LogP contribution in [0.2, 0.25) is 0 Å². The number of aromatic nitrogens is 2. The quantitative estimate of drug-likeness (QED) is 0.874. The minimum atomic E-state index is 0.248. The molecule has 0 aliphatic carbocycles. The van der Waals surface area contributed by atoms with Crippen LogP contribution in [-0.2, 0) is 13.1 Å². The van der Waals surface area contributed by atoms with Crippen LogP contribution in [0.25, 0.3) is 0 Å². The largest absolute Gasteiger partial charge is 0.491 e. The third kappa shape index (κ3) is 2.48. The van der Waals surface area contributed by atoms with Gasteiger partial charge in [-0.1, -0.05) is 0 Å². The Labute approximate surface area is 110 Å². The number of hydrogen-bond donors (Lipinski definition) is 1. The zero-order chi connectivity index (χ0) is 13.1. The van der Waals surface area contributed by atoms with Crippen LogP contribution in [0.4, 0.5) is 0 Å². The summed E-state index contributed by atoms with van der Waals surface area (Å²) in [6.45, 7) is 1.93. The number of fused-ring (bicyclic) bond motifs is 1. The number of nitrogens with two attached hydrogens (primary N) is 1. The van der Waals surface area contributed by atoms with Gasteiger partial charge < -0.3 is 24.5 Å². The zero-order valence-corrected chi connectivity index (χ0v) is 10.4. The SMILES string of the molecule is NCc1cc2c(cc1OCCn1ccnc1)OCO2. The predicted octanol–water partition coefficient (Wildman–Crippen LogP) is 1.15. The molecular weight excluding hydrogens is 246 g/mol. The number of rotatable bonds is 5. The fourth-order valence-corrected chi connectivity index (χ4v) is 1.94. The highest BCUT2D eigenvalue weighted by Crippen LogP contribution is 2.37. The first-order chi connectivity index (χ1) is 9.36. The van der Waals surface area contributed by atoms with Crippen LogP contribution in [0.15, 0.2) is 30.9 Å². The van der Waals surface area contributed by atoms with E-state index in [9.17, 15) is 0 Å². The van der Waals surface area contributed by atoms with Gasteiger partial charge in [0, 0.05) is 30.6 Å². The fourth-order valence-electron chi connectivity index (χ4n) is 1.94. The van der Waals surface area contributed by atoms with Crippen molar-refractivity contribution in [3.63, 3.8) is 0 Å². The molecule has 6 heteroatoms. The van der Waals surface area contributed by atoms with Crippen molar-refractivity contribution in [1.82, 2.24) is 9.55 Å². The summed E-state index contributed by atoms with van der Waals surface area (Å²) in [6.07, 6.45) is 5.39. The molecule has 0 atom stereocenters. The number of ether oxygens (including phenoxy) is 3. The summed E-state index contributed by atoms with van der Waals surface area (Å²) in [4.78, 5) is 3.98. The molecule has 0 bridgehead atoms. The Morgan fingerprint density at radius 3 is 2.89 bits per heavy atom. The van der Waals surface area contributed by atoms with Gasteiger partial charge in [0.25, 0.3) is 0 Å². The topological polar surface area (TPSA) is 71.5 Å². The smallest absolute Gasteiger partial charge is 0.231 e. The molecule has 2 N–H and O–H groups in total. The van der Waals surface area contributed by atoms with Crippen molar-refractivity contribution >= 4 is 0 Å². The maximum Gasteiger partial charge on any atom is 0.231 e. The van der Waals surface area contributed by atoms with E-state index in [2.05, 4.69) is 4.98 Å². The average molecular weight is 261 g/mol. The Morgan fingerprint density at radius 1 is 1.32 bits per heavy atom. The lowest BCUT2D eigenvalue weighted by atomic mass is 10.2. The number of hydrogen-bond acceptors (Lipinski definition) is 5. The van der Waals surface area contributed by atoms with Gasteiger partial charge in [-0.05, 0) is 6.07 Å². The Morgan fingerprint density at radius 2 is 2.16 bits per heavy atom. The van der Waals surface area contributed by atoms with Crippen LogP contribution in [0.3, 0.4) is 0 Å². The monoisotopic (exact) mass is 261 g/mol. The molecule has 19 heavy (non-hydrogen) atoms. The second kappa shape index (κ2) is 5.19. The van der Waals surface area contributed by atoms with Gasteiger partial charge in [0.1, 0.15) is 12.4 Å². The maximum atomic E-state index is 5.76. The first kappa shape index (κ1) is 11.9. The standard InChI is InChI=1S/C13H15N3O3/c14-7-10-5-12-13(19-9-18-12)6-11(10)17-4-3-16-2-1-15-8-16/h1-2,5-6,8H,3-4,7,9,14H2. The minimum Gasteiger partial charge on any atom is -0.491 e. The van der Waals surface area contributed by atoms with Gasteiger partial charge in [-0.3, -0.25) is 0 Å². The molecule has 1 aliphatic heterocycles. The summed E-state index contributed by atoms with van der Waals surface area (Å²) >= 11 is 0. The summed E-state index contributed by atoms with van der Waals surface area (Å²) in [5, 5.41) is 0. The van der Waals surface area contributed by atoms with Crippen molar-refractivity contribution in [3.8, 4) is 17.2 Å². The Balaban J connectivity index is 1.69. The van der Waals surface area contributed by atoms with Gasteiger partial charge in [0.05, 0.1) is 12.9 Å². The molecule has 1 aromatic heterocycles. The molecule has 0 radical (unpaired) electrons. The van der Waals surface area contributed by atoms with E-state index in [0.29, 0.717) is 18.9 Å². The van der Waals surface area contributed by atoms with Gasteiger partial charge in [-0.25, -0.2) is 4.98 Å². The zero-order valence-electron chi connectivity index (χ0n) is 10.4. The number of benzene rings is 1. The van der Waals surface area contributed by atoms with Crippen molar-refractivity contribution in [2.75, 3.05) is 13.4 Å². The highest BCUT2D eigenvalue weighted by Gasteiger charge is 2.17. The highest BCUT2D eigenvalue weighted by molar-refractivity contribution is 5.51. The van der Waals surface area contributed by atoms with Crippen LogP contribution in [0, 0.1) is 0 Å². The lowest BCUT2D eigenvalue weighted by molar-refractivity contribution is 0.173. The fraction of sp³-hybridized carbons (Fsp3) is 0.308. The molecule has 2 heterocycles. The molecule has 3 rings (SSSR count). The Hall–Kier alpha value is -2.21. The van der Waals surface area contributed by atoms with Crippen molar-refractivity contribution in [3.05, 3.63) is 36.4 Å². The van der Waals surface area contributed by atoms with Crippen LogP contribution < -0.4 is 19.9 Å². The molecule has 100 valence electrons. The van der Waals surface area contributed by atoms with Crippen molar-refractivity contribution in [1.29, 1.82) is 0 Å². The van der Waals surface area contributed by atoms with Gasteiger partial charge in [0.2, 0.25) is 6.79 Å². The van der Waals surface area contributed by atoms with E-state index in [0.717, 1.165) is 23.6 Å². The molecule has 0 saturated heterocycles. The molecule has 0 amide bonds. The average Bonchev–Trinajstić information content (AvgIpc) is 3.08. The molecule has 0 spiro atoms. The second-order valence-electron chi connectivity index (χ2n) is 4.17. The summed E-state index contributed by atoms with van der Waals surface area (Å²) in [6, 6.07) is 3.70. The van der Waals surface area contributed by atoms with Crippen molar-refractivity contribution < 1.29 is 14.2 Å². The van der Waals surface area contributed by atoms with E-state index in [1.807, 2.05) is 22.9 Å². The predicted molar refractivity (Wildman–Crippen MR) is 68.2 cm³/mol. The van der Waals surface area contributed by atoms with Gasteiger partial charge in [-0.15, -0.1) is 0 Å². The lowest BCUT2D eigenvalue weighted by Gasteiger charge is -2.11. The van der Waals surface area contributed by atoms with E-state index in [1.54, 1.807) is 12.5 Å². The van der Waals surface area contributed by atoms with Gasteiger partial charge in [-0.2, -0.15) is 0 Å². The van der Waals surface area contributed by atoms with E-state index in [-0.39, 0.29) is 6.79 Å². The van der Waals surface area contributed by atoms with Crippen LogP contribution in [0.1, 0.15) is 5.56 Å². The Kier molecular flexibility index (Phi) is 3.24. The van der Waals surface area contributed by atoms with E-state index < -0.39 is 0 Å². The van der Waals surface area contributed by atoms with E-state index in [4.69, 9.17) is 19.9 Å². The molecule has 0 unspecified atom stereocenters. The summed E-state index contributed by atoms with van der Waals surface area (Å²) in [5.74, 6) is 2.17. The van der Waals surface area contributed by atoms with Gasteiger partial charge in [0.15, 0.2) is 11.5 Å². The van der Waals surface area contributed by atoms with Crippen molar-refractivity contribution in [2.24, 2.45) is 5.73 Å². The summed E-state index contributed by atoms with van der Waals surface area (Å²) in [7, 11) is 0. The third-order valence-corrected chi connectivity index (χ3v) is 2.94. The molecule has 6 nitrogen and oxygen atoms in total. The minimum absolute atomic E-state index is 0.248. The first-order valence-electron chi connectivity index (χ1n) is 6.08. The lowest BCUT2D eigenvalue weighted by Crippen LogP contribution is -2.09.